The molecule has 0 radical (unpaired) electrons. The maximum atomic E-state index is 12.3. The van der Waals surface area contributed by atoms with E-state index in [1.54, 1.807) is 0 Å². The number of nitrogens with one attached hydrogen (secondary N) is 1. The number of aliphatic hydroxyl groups is 1. The third-order valence-electron chi connectivity index (χ3n) is 4.02. The monoisotopic (exact) mass is 307 g/mol. The molecule has 1 aliphatic carbocycles. The van der Waals surface area contributed by atoms with Crippen molar-refractivity contribution in [3.05, 3.63) is 22.7 Å². The minimum atomic E-state index is -0.112. The number of aromatic nitrogens is 4. The fourth-order valence-corrected chi connectivity index (χ4v) is 3.65. The number of aliphatic hydroxyl groups excluding tert-OH is 1. The minimum absolute atomic E-state index is 0.112. The van der Waals surface area contributed by atoms with Crippen LogP contribution in [0.4, 0.5) is 0 Å². The summed E-state index contributed by atoms with van der Waals surface area (Å²) in [6, 6.07) is 1.82. The van der Waals surface area contributed by atoms with E-state index in [0.29, 0.717) is 28.9 Å². The molecular formula is C13H17N5O2S. The van der Waals surface area contributed by atoms with Gasteiger partial charge in [-0.3, -0.25) is 4.79 Å². The van der Waals surface area contributed by atoms with Gasteiger partial charge in [-0.05, 0) is 46.6 Å². The van der Waals surface area contributed by atoms with Crippen molar-refractivity contribution < 1.29 is 9.90 Å². The Labute approximate surface area is 126 Å². The molecule has 1 fully saturated rings. The normalized spacial score (nSPS) is 21.6. The lowest BCUT2D eigenvalue weighted by Crippen LogP contribution is -2.31. The maximum absolute atomic E-state index is 12.3. The molecule has 2 heterocycles. The molecule has 1 saturated carbocycles. The van der Waals surface area contributed by atoms with E-state index in [1.165, 1.54) is 22.3 Å². The van der Waals surface area contributed by atoms with Gasteiger partial charge in [0.15, 0.2) is 0 Å². The predicted octanol–water partition coefficient (Wildman–Crippen LogP) is 0.862. The van der Waals surface area contributed by atoms with E-state index < -0.39 is 0 Å². The van der Waals surface area contributed by atoms with Gasteiger partial charge in [0.1, 0.15) is 11.2 Å². The van der Waals surface area contributed by atoms with E-state index in [-0.39, 0.29) is 12.5 Å². The SMILES string of the molecule is O=C(NCC1CCCC1CO)c1sccc1-n1cnnn1. The lowest BCUT2D eigenvalue weighted by Gasteiger charge is -2.17. The molecule has 1 amide bonds. The quantitative estimate of drug-likeness (QED) is 0.854. The van der Waals surface area contributed by atoms with Crippen molar-refractivity contribution in [1.82, 2.24) is 25.5 Å². The van der Waals surface area contributed by atoms with Crippen LogP contribution in [-0.2, 0) is 0 Å². The van der Waals surface area contributed by atoms with Gasteiger partial charge in [0.25, 0.3) is 5.91 Å². The Morgan fingerprint density at radius 2 is 2.33 bits per heavy atom. The topological polar surface area (TPSA) is 92.9 Å². The molecular weight excluding hydrogens is 290 g/mol. The average Bonchev–Trinajstić information content (AvgIpc) is 3.23. The molecule has 21 heavy (non-hydrogen) atoms. The number of amides is 1. The van der Waals surface area contributed by atoms with E-state index in [0.717, 1.165) is 19.3 Å². The van der Waals surface area contributed by atoms with E-state index in [1.807, 2.05) is 11.4 Å². The summed E-state index contributed by atoms with van der Waals surface area (Å²) in [6.07, 6.45) is 4.71. The molecule has 112 valence electrons. The molecule has 3 rings (SSSR count). The highest BCUT2D eigenvalue weighted by molar-refractivity contribution is 7.12. The van der Waals surface area contributed by atoms with Crippen molar-refractivity contribution in [3.8, 4) is 5.69 Å². The smallest absolute Gasteiger partial charge is 0.263 e. The molecule has 1 aliphatic rings. The van der Waals surface area contributed by atoms with Crippen LogP contribution in [0.3, 0.4) is 0 Å². The van der Waals surface area contributed by atoms with Crippen LogP contribution in [0.1, 0.15) is 28.9 Å². The number of carbonyl (C=O) groups is 1. The molecule has 0 spiro atoms. The van der Waals surface area contributed by atoms with Crippen LogP contribution in [0.2, 0.25) is 0 Å². The summed E-state index contributed by atoms with van der Waals surface area (Å²) >= 11 is 1.37. The summed E-state index contributed by atoms with van der Waals surface area (Å²) in [5, 5.41) is 25.1. The molecule has 2 atom stereocenters. The second-order valence-corrected chi connectivity index (χ2v) is 6.15. The maximum Gasteiger partial charge on any atom is 0.263 e. The number of tetrazole rings is 1. The Kier molecular flexibility index (Phi) is 4.26. The van der Waals surface area contributed by atoms with Gasteiger partial charge in [-0.25, -0.2) is 0 Å². The van der Waals surface area contributed by atoms with Gasteiger partial charge in [-0.1, -0.05) is 6.42 Å². The van der Waals surface area contributed by atoms with E-state index in [4.69, 9.17) is 0 Å². The van der Waals surface area contributed by atoms with Gasteiger partial charge >= 0.3 is 0 Å². The Balaban J connectivity index is 1.65. The van der Waals surface area contributed by atoms with Gasteiger partial charge < -0.3 is 10.4 Å². The molecule has 2 unspecified atom stereocenters. The first-order chi connectivity index (χ1) is 10.3. The molecule has 0 saturated heterocycles. The number of thiophene rings is 1. The molecule has 2 aromatic rings. The molecule has 0 bridgehead atoms. The third-order valence-corrected chi connectivity index (χ3v) is 4.92. The molecule has 8 heteroatoms. The van der Waals surface area contributed by atoms with Crippen LogP contribution in [0.5, 0.6) is 0 Å². The Bertz CT molecular complexity index is 597. The molecule has 0 aromatic carbocycles. The fourth-order valence-electron chi connectivity index (χ4n) is 2.85. The van der Waals surface area contributed by atoms with Crippen molar-refractivity contribution in [2.75, 3.05) is 13.2 Å². The van der Waals surface area contributed by atoms with Crippen LogP contribution in [0.25, 0.3) is 5.69 Å². The standard InChI is InChI=1S/C13H17N5O2S/c19-7-10-3-1-2-9(10)6-14-13(20)12-11(4-5-21-12)18-8-15-16-17-18/h4-5,8-10,19H,1-3,6-7H2,(H,14,20). The zero-order valence-corrected chi connectivity index (χ0v) is 12.3. The molecule has 2 aromatic heterocycles. The van der Waals surface area contributed by atoms with Crippen LogP contribution >= 0.6 is 11.3 Å². The summed E-state index contributed by atoms with van der Waals surface area (Å²) in [5.41, 5.74) is 0.688. The zero-order valence-electron chi connectivity index (χ0n) is 11.5. The zero-order chi connectivity index (χ0) is 14.7. The van der Waals surface area contributed by atoms with Crippen molar-refractivity contribution in [1.29, 1.82) is 0 Å². The number of nitrogens with zero attached hydrogens (tertiary/aromatic N) is 4. The largest absolute Gasteiger partial charge is 0.396 e. The second-order valence-electron chi connectivity index (χ2n) is 5.23. The summed E-state index contributed by atoms with van der Waals surface area (Å²) < 4.78 is 1.48. The van der Waals surface area contributed by atoms with E-state index in [2.05, 4.69) is 20.8 Å². The van der Waals surface area contributed by atoms with Crippen molar-refractivity contribution in [3.63, 3.8) is 0 Å². The minimum Gasteiger partial charge on any atom is -0.396 e. The van der Waals surface area contributed by atoms with Gasteiger partial charge in [-0.15, -0.1) is 16.4 Å². The van der Waals surface area contributed by atoms with Crippen LogP contribution < -0.4 is 5.32 Å². The summed E-state index contributed by atoms with van der Waals surface area (Å²) in [4.78, 5) is 12.9. The lowest BCUT2D eigenvalue weighted by molar-refractivity contribution is 0.0941. The molecule has 2 N–H and O–H groups in total. The summed E-state index contributed by atoms with van der Waals surface area (Å²) in [5.74, 6) is 0.571. The van der Waals surface area contributed by atoms with Gasteiger partial charge in [0.2, 0.25) is 0 Å². The van der Waals surface area contributed by atoms with Crippen LogP contribution in [0, 0.1) is 11.8 Å². The molecule has 0 aliphatic heterocycles. The van der Waals surface area contributed by atoms with E-state index >= 15 is 0 Å². The van der Waals surface area contributed by atoms with Crippen molar-refractivity contribution in [2.24, 2.45) is 11.8 Å². The first-order valence-electron chi connectivity index (χ1n) is 6.99. The van der Waals surface area contributed by atoms with E-state index in [9.17, 15) is 9.90 Å². The fraction of sp³-hybridized carbons (Fsp3) is 0.538. The van der Waals surface area contributed by atoms with Gasteiger partial charge in [0.05, 0.1) is 5.69 Å². The number of carbonyl (C=O) groups excluding carboxylic acids is 1. The number of rotatable bonds is 5. The molecule has 7 nitrogen and oxygen atoms in total. The van der Waals surface area contributed by atoms with Crippen molar-refractivity contribution in [2.45, 2.75) is 19.3 Å². The van der Waals surface area contributed by atoms with Crippen LogP contribution in [0.15, 0.2) is 17.8 Å². The van der Waals surface area contributed by atoms with Crippen molar-refractivity contribution >= 4 is 17.2 Å². The highest BCUT2D eigenvalue weighted by atomic mass is 32.1. The predicted molar refractivity (Wildman–Crippen MR) is 77.3 cm³/mol. The Hall–Kier alpha value is -1.80. The third kappa shape index (κ3) is 2.96. The van der Waals surface area contributed by atoms with Gasteiger partial charge in [0, 0.05) is 13.2 Å². The van der Waals surface area contributed by atoms with Gasteiger partial charge in [-0.2, -0.15) is 4.68 Å². The second kappa shape index (κ2) is 6.31. The number of hydrogen-bond donors (Lipinski definition) is 2. The Morgan fingerprint density at radius 3 is 3.10 bits per heavy atom. The highest BCUT2D eigenvalue weighted by Crippen LogP contribution is 2.30. The first-order valence-corrected chi connectivity index (χ1v) is 7.87. The highest BCUT2D eigenvalue weighted by Gasteiger charge is 2.27. The summed E-state index contributed by atoms with van der Waals surface area (Å²) in [7, 11) is 0. The summed E-state index contributed by atoms with van der Waals surface area (Å²) in [6.45, 7) is 0.812. The average molecular weight is 307 g/mol. The number of hydrogen-bond acceptors (Lipinski definition) is 6. The first kappa shape index (κ1) is 14.2. The lowest BCUT2D eigenvalue weighted by atomic mass is 9.97. The Morgan fingerprint density at radius 1 is 1.48 bits per heavy atom. The van der Waals surface area contributed by atoms with Crippen LogP contribution in [-0.4, -0.2) is 44.4 Å².